The highest BCUT2D eigenvalue weighted by Crippen LogP contribution is 2.31. The van der Waals surface area contributed by atoms with Crippen LogP contribution in [-0.4, -0.2) is 66.4 Å². The lowest BCUT2D eigenvalue weighted by molar-refractivity contribution is -0.0511. The van der Waals surface area contributed by atoms with Crippen LogP contribution in [0.25, 0.3) is 11.2 Å². The molecule has 0 bridgehead atoms. The molecule has 10 heteroatoms. The van der Waals surface area contributed by atoms with E-state index in [0.29, 0.717) is 23.6 Å². The Morgan fingerprint density at radius 3 is 2.79 bits per heavy atom. The lowest BCUT2D eigenvalue weighted by Gasteiger charge is -2.16. The van der Waals surface area contributed by atoms with Gasteiger partial charge in [0.05, 0.1) is 12.9 Å². The number of rotatable bonds is 6. The summed E-state index contributed by atoms with van der Waals surface area (Å²) in [7, 11) is 0. The minimum Gasteiger partial charge on any atom is -0.394 e. The van der Waals surface area contributed by atoms with Crippen molar-refractivity contribution in [3.63, 3.8) is 0 Å². The minimum absolute atomic E-state index is 0.195. The van der Waals surface area contributed by atoms with E-state index in [0.717, 1.165) is 6.42 Å². The second-order valence-electron chi connectivity index (χ2n) is 5.63. The number of aliphatic hydroxyl groups is 3. The fraction of sp³-hybridized carbons (Fsp3) is 0.643. The van der Waals surface area contributed by atoms with Crippen molar-refractivity contribution in [1.82, 2.24) is 19.5 Å². The van der Waals surface area contributed by atoms with Gasteiger partial charge in [-0.15, -0.1) is 0 Å². The van der Waals surface area contributed by atoms with E-state index in [-0.39, 0.29) is 12.4 Å². The molecule has 4 atom stereocenters. The predicted molar refractivity (Wildman–Crippen MR) is 82.7 cm³/mol. The summed E-state index contributed by atoms with van der Waals surface area (Å²) < 4.78 is 12.4. The van der Waals surface area contributed by atoms with Crippen LogP contribution in [0.2, 0.25) is 0 Å². The number of nitrogens with two attached hydrogens (primary N) is 1. The third kappa shape index (κ3) is 2.94. The average Bonchev–Trinajstić information content (AvgIpc) is 3.10. The van der Waals surface area contributed by atoms with E-state index >= 15 is 0 Å². The van der Waals surface area contributed by atoms with E-state index < -0.39 is 31.1 Å². The lowest BCUT2D eigenvalue weighted by Crippen LogP contribution is -2.33. The Hall–Kier alpha value is -1.85. The molecule has 0 radical (unpaired) electrons. The topological polar surface area (TPSA) is 149 Å². The van der Waals surface area contributed by atoms with Gasteiger partial charge in [0.1, 0.15) is 30.4 Å². The Labute approximate surface area is 137 Å². The van der Waals surface area contributed by atoms with Crippen LogP contribution in [-0.2, 0) is 16.1 Å². The Kier molecular flexibility index (Phi) is 4.92. The number of nitrogen functional groups attached to an aromatic ring is 1. The number of hydrogen-bond donors (Lipinski definition) is 4. The standard InChI is InChI=1S/C14H21N5O5/c1-2-3-23-5-8-17-12(15)9-13(18-8)19(6-16-9)14-11(22)10(21)7(4-20)24-14/h6-7,10-11,14,20-22H,2-5H2,1H3,(H2,15,17,18)/t7-,10-,11-,14?/m1/s1. The normalized spacial score (nSPS) is 27.2. The molecule has 0 aliphatic carbocycles. The number of fused-ring (bicyclic) bond motifs is 1. The van der Waals surface area contributed by atoms with Gasteiger partial charge in [-0.05, 0) is 6.42 Å². The molecule has 2 aromatic rings. The Morgan fingerprint density at radius 1 is 1.33 bits per heavy atom. The first kappa shape index (κ1) is 17.0. The maximum Gasteiger partial charge on any atom is 0.168 e. The maximum absolute atomic E-state index is 10.2. The smallest absolute Gasteiger partial charge is 0.168 e. The fourth-order valence-electron chi connectivity index (χ4n) is 2.65. The second kappa shape index (κ2) is 6.95. The predicted octanol–water partition coefficient (Wildman–Crippen LogP) is -1.05. The molecular weight excluding hydrogens is 318 g/mol. The summed E-state index contributed by atoms with van der Waals surface area (Å²) in [6.07, 6.45) is -1.96. The molecule has 132 valence electrons. The number of aliphatic hydroxyl groups excluding tert-OH is 3. The highest BCUT2D eigenvalue weighted by atomic mass is 16.6. The quantitative estimate of drug-likeness (QED) is 0.483. The van der Waals surface area contributed by atoms with Crippen molar-refractivity contribution >= 4 is 17.0 Å². The number of aromatic nitrogens is 4. The van der Waals surface area contributed by atoms with E-state index in [1.54, 1.807) is 0 Å². The molecule has 24 heavy (non-hydrogen) atoms. The summed E-state index contributed by atoms with van der Waals surface area (Å²) in [6, 6.07) is 0. The number of imidazole rings is 1. The zero-order chi connectivity index (χ0) is 17.3. The number of anilines is 1. The van der Waals surface area contributed by atoms with Crippen LogP contribution < -0.4 is 5.73 Å². The van der Waals surface area contributed by atoms with Crippen molar-refractivity contribution in [2.75, 3.05) is 18.9 Å². The summed E-state index contributed by atoms with van der Waals surface area (Å²) in [4.78, 5) is 12.7. The zero-order valence-corrected chi connectivity index (χ0v) is 13.2. The summed E-state index contributed by atoms with van der Waals surface area (Å²) in [6.45, 7) is 2.37. The zero-order valence-electron chi connectivity index (χ0n) is 13.2. The molecule has 0 amide bonds. The molecule has 5 N–H and O–H groups in total. The summed E-state index contributed by atoms with van der Waals surface area (Å²) in [5.74, 6) is 0.586. The molecule has 3 rings (SSSR count). The average molecular weight is 339 g/mol. The van der Waals surface area contributed by atoms with Crippen LogP contribution in [0.4, 0.5) is 5.82 Å². The highest BCUT2D eigenvalue weighted by molar-refractivity contribution is 5.81. The van der Waals surface area contributed by atoms with Gasteiger partial charge >= 0.3 is 0 Å². The summed E-state index contributed by atoms with van der Waals surface area (Å²) >= 11 is 0. The monoisotopic (exact) mass is 339 g/mol. The maximum atomic E-state index is 10.2. The van der Waals surface area contributed by atoms with E-state index in [2.05, 4.69) is 15.0 Å². The van der Waals surface area contributed by atoms with Gasteiger partial charge in [-0.3, -0.25) is 4.57 Å². The molecule has 0 saturated carbocycles. The summed E-state index contributed by atoms with van der Waals surface area (Å²) in [5.41, 5.74) is 6.65. The molecular formula is C14H21N5O5. The molecule has 1 aliphatic rings. The molecule has 3 heterocycles. The first-order valence-corrected chi connectivity index (χ1v) is 7.76. The Balaban J connectivity index is 1.94. The van der Waals surface area contributed by atoms with E-state index in [1.807, 2.05) is 6.92 Å². The fourth-order valence-corrected chi connectivity index (χ4v) is 2.65. The highest BCUT2D eigenvalue weighted by Gasteiger charge is 2.44. The first-order chi connectivity index (χ1) is 11.6. The van der Waals surface area contributed by atoms with Crippen LogP contribution in [0.3, 0.4) is 0 Å². The number of nitrogens with zero attached hydrogens (tertiary/aromatic N) is 4. The van der Waals surface area contributed by atoms with Gasteiger partial charge in [0.25, 0.3) is 0 Å². The third-order valence-electron chi connectivity index (χ3n) is 3.87. The Morgan fingerprint density at radius 2 is 2.12 bits per heavy atom. The second-order valence-corrected chi connectivity index (χ2v) is 5.63. The molecule has 2 aromatic heterocycles. The molecule has 1 aliphatic heterocycles. The lowest BCUT2D eigenvalue weighted by atomic mass is 10.1. The van der Waals surface area contributed by atoms with Gasteiger partial charge in [0, 0.05) is 6.61 Å². The molecule has 0 spiro atoms. The van der Waals surface area contributed by atoms with Crippen molar-refractivity contribution in [3.8, 4) is 0 Å². The number of ether oxygens (including phenoxy) is 2. The van der Waals surface area contributed by atoms with E-state index in [4.69, 9.17) is 15.2 Å². The molecule has 1 unspecified atom stereocenters. The van der Waals surface area contributed by atoms with Crippen LogP contribution in [0.15, 0.2) is 6.33 Å². The first-order valence-electron chi connectivity index (χ1n) is 7.76. The van der Waals surface area contributed by atoms with Gasteiger partial charge in [-0.2, -0.15) is 0 Å². The van der Waals surface area contributed by atoms with Crippen molar-refractivity contribution in [1.29, 1.82) is 0 Å². The van der Waals surface area contributed by atoms with Crippen LogP contribution in [0, 0.1) is 0 Å². The van der Waals surface area contributed by atoms with Crippen molar-refractivity contribution in [2.24, 2.45) is 0 Å². The van der Waals surface area contributed by atoms with Gasteiger partial charge in [-0.1, -0.05) is 6.92 Å². The van der Waals surface area contributed by atoms with E-state index in [9.17, 15) is 15.3 Å². The van der Waals surface area contributed by atoms with Crippen molar-refractivity contribution < 1.29 is 24.8 Å². The number of hydrogen-bond acceptors (Lipinski definition) is 9. The molecule has 10 nitrogen and oxygen atoms in total. The molecule has 1 fully saturated rings. The van der Waals surface area contributed by atoms with Crippen LogP contribution in [0.1, 0.15) is 25.4 Å². The third-order valence-corrected chi connectivity index (χ3v) is 3.87. The van der Waals surface area contributed by atoms with Crippen LogP contribution >= 0.6 is 0 Å². The van der Waals surface area contributed by atoms with Gasteiger partial charge in [-0.25, -0.2) is 15.0 Å². The summed E-state index contributed by atoms with van der Waals surface area (Å²) in [5, 5.41) is 29.3. The largest absolute Gasteiger partial charge is 0.394 e. The van der Waals surface area contributed by atoms with Gasteiger partial charge in [0.2, 0.25) is 0 Å². The SMILES string of the molecule is CCCOCc1nc(N)c2ncn(C3O[C@H](CO)[C@@H](O)[C@H]3O)c2n1. The minimum atomic E-state index is -1.23. The molecule has 0 aromatic carbocycles. The van der Waals surface area contributed by atoms with Gasteiger partial charge in [0.15, 0.2) is 23.5 Å². The van der Waals surface area contributed by atoms with Crippen molar-refractivity contribution in [3.05, 3.63) is 12.2 Å². The van der Waals surface area contributed by atoms with Gasteiger partial charge < -0.3 is 30.5 Å². The molecule has 1 saturated heterocycles. The van der Waals surface area contributed by atoms with Crippen LogP contribution in [0.5, 0.6) is 0 Å². The Bertz CT molecular complexity index is 708. The van der Waals surface area contributed by atoms with E-state index in [1.165, 1.54) is 10.9 Å². The van der Waals surface area contributed by atoms with Crippen molar-refractivity contribution in [2.45, 2.75) is 44.5 Å².